The van der Waals surface area contributed by atoms with E-state index in [0.717, 1.165) is 24.4 Å². The summed E-state index contributed by atoms with van der Waals surface area (Å²) in [6, 6.07) is 12.8. The van der Waals surface area contributed by atoms with Crippen LogP contribution in [0.15, 0.2) is 46.3 Å². The fraction of sp³-hybridized carbons (Fsp3) is 0.294. The van der Waals surface area contributed by atoms with Crippen molar-refractivity contribution < 1.29 is 4.52 Å². The van der Waals surface area contributed by atoms with Crippen molar-refractivity contribution in [3.63, 3.8) is 0 Å². The van der Waals surface area contributed by atoms with Crippen LogP contribution >= 0.6 is 11.3 Å². The van der Waals surface area contributed by atoms with Crippen molar-refractivity contribution in [1.82, 2.24) is 15.0 Å². The molecule has 4 nitrogen and oxygen atoms in total. The van der Waals surface area contributed by atoms with Gasteiger partial charge < -0.3 is 4.52 Å². The molecule has 0 radical (unpaired) electrons. The maximum Gasteiger partial charge on any atom is 0.244 e. The highest BCUT2D eigenvalue weighted by Crippen LogP contribution is 2.28. The predicted octanol–water partition coefficient (Wildman–Crippen LogP) is 3.92. The maximum atomic E-state index is 5.50. The molecule has 0 saturated heterocycles. The summed E-state index contributed by atoms with van der Waals surface area (Å²) >= 11 is 1.63. The number of fused-ring (bicyclic) bond motifs is 1. The fourth-order valence-corrected chi connectivity index (χ4v) is 3.56. The minimum atomic E-state index is 0.134. The Labute approximate surface area is 133 Å². The van der Waals surface area contributed by atoms with Crippen LogP contribution in [0.25, 0.3) is 10.7 Å². The largest absolute Gasteiger partial charge is 0.337 e. The molecule has 1 atom stereocenters. The van der Waals surface area contributed by atoms with Gasteiger partial charge in [-0.2, -0.15) is 4.98 Å². The van der Waals surface area contributed by atoms with Crippen molar-refractivity contribution in [1.29, 1.82) is 0 Å². The highest BCUT2D eigenvalue weighted by atomic mass is 32.1. The third-order valence-corrected chi connectivity index (χ3v) is 5.11. The van der Waals surface area contributed by atoms with Crippen LogP contribution in [0, 0.1) is 0 Å². The number of rotatable bonds is 3. The lowest BCUT2D eigenvalue weighted by Gasteiger charge is -2.31. The molecule has 2 aromatic heterocycles. The van der Waals surface area contributed by atoms with Gasteiger partial charge in [0.1, 0.15) is 0 Å². The molecule has 0 spiro atoms. The van der Waals surface area contributed by atoms with Crippen molar-refractivity contribution in [2.24, 2.45) is 0 Å². The molecule has 1 aliphatic rings. The van der Waals surface area contributed by atoms with E-state index in [4.69, 9.17) is 4.52 Å². The monoisotopic (exact) mass is 311 g/mol. The summed E-state index contributed by atoms with van der Waals surface area (Å²) in [7, 11) is 0. The van der Waals surface area contributed by atoms with E-state index in [2.05, 4.69) is 46.2 Å². The van der Waals surface area contributed by atoms with E-state index >= 15 is 0 Å². The zero-order valence-electron chi connectivity index (χ0n) is 12.4. The van der Waals surface area contributed by atoms with Crippen molar-refractivity contribution in [3.8, 4) is 10.7 Å². The van der Waals surface area contributed by atoms with Crippen molar-refractivity contribution >= 4 is 11.3 Å². The number of hydrogen-bond donors (Lipinski definition) is 0. The van der Waals surface area contributed by atoms with E-state index in [1.807, 2.05) is 17.5 Å². The van der Waals surface area contributed by atoms with Gasteiger partial charge in [-0.1, -0.05) is 35.5 Å². The third-order valence-electron chi connectivity index (χ3n) is 4.25. The van der Waals surface area contributed by atoms with E-state index in [0.29, 0.717) is 11.7 Å². The molecule has 22 heavy (non-hydrogen) atoms. The predicted molar refractivity (Wildman–Crippen MR) is 86.6 cm³/mol. The van der Waals surface area contributed by atoms with E-state index in [9.17, 15) is 0 Å². The van der Waals surface area contributed by atoms with E-state index in [-0.39, 0.29) is 6.04 Å². The van der Waals surface area contributed by atoms with E-state index < -0.39 is 0 Å². The quantitative estimate of drug-likeness (QED) is 0.735. The van der Waals surface area contributed by atoms with Gasteiger partial charge in [0.25, 0.3) is 0 Å². The molecule has 1 aromatic carbocycles. The first-order valence-corrected chi connectivity index (χ1v) is 8.37. The lowest BCUT2D eigenvalue weighted by molar-refractivity contribution is 0.158. The maximum absolute atomic E-state index is 5.50. The van der Waals surface area contributed by atoms with Crippen LogP contribution in [0.1, 0.15) is 30.0 Å². The zero-order valence-corrected chi connectivity index (χ0v) is 13.2. The Morgan fingerprint density at radius 3 is 2.86 bits per heavy atom. The Morgan fingerprint density at radius 2 is 2.05 bits per heavy atom. The van der Waals surface area contributed by atoms with Crippen LogP contribution in [0.2, 0.25) is 0 Å². The molecular formula is C17H17N3OS. The van der Waals surface area contributed by atoms with Gasteiger partial charge >= 0.3 is 0 Å². The molecule has 3 heterocycles. The van der Waals surface area contributed by atoms with Crippen molar-refractivity contribution in [2.75, 3.05) is 6.54 Å². The van der Waals surface area contributed by atoms with Crippen LogP contribution in [-0.4, -0.2) is 21.6 Å². The SMILES string of the molecule is CC(c1nc(-c2cccs2)no1)N1CCc2ccccc2C1. The second-order valence-corrected chi connectivity index (χ2v) is 6.55. The molecule has 1 aliphatic heterocycles. The van der Waals surface area contributed by atoms with Crippen LogP contribution < -0.4 is 0 Å². The molecule has 1 unspecified atom stereocenters. The summed E-state index contributed by atoms with van der Waals surface area (Å²) < 4.78 is 5.50. The minimum Gasteiger partial charge on any atom is -0.337 e. The molecule has 0 fully saturated rings. The first-order chi connectivity index (χ1) is 10.8. The zero-order chi connectivity index (χ0) is 14.9. The second kappa shape index (κ2) is 5.66. The molecule has 4 rings (SSSR count). The van der Waals surface area contributed by atoms with Gasteiger partial charge in [0, 0.05) is 13.1 Å². The molecule has 0 aliphatic carbocycles. The summed E-state index contributed by atoms with van der Waals surface area (Å²) in [5, 5.41) is 6.14. The lowest BCUT2D eigenvalue weighted by atomic mass is 9.99. The lowest BCUT2D eigenvalue weighted by Crippen LogP contribution is -2.33. The standard InChI is InChI=1S/C17H17N3OS/c1-12(17-18-16(19-21-17)15-7-4-10-22-15)20-9-8-13-5-2-3-6-14(13)11-20/h2-7,10,12H,8-9,11H2,1H3. The second-order valence-electron chi connectivity index (χ2n) is 5.60. The minimum absolute atomic E-state index is 0.134. The molecule has 3 aromatic rings. The molecule has 112 valence electrons. The van der Waals surface area contributed by atoms with E-state index in [1.54, 1.807) is 11.3 Å². The van der Waals surface area contributed by atoms with Gasteiger partial charge in [0.2, 0.25) is 11.7 Å². The summed E-state index contributed by atoms with van der Waals surface area (Å²) in [6.07, 6.45) is 1.08. The van der Waals surface area contributed by atoms with Crippen LogP contribution in [-0.2, 0) is 13.0 Å². The molecule has 0 N–H and O–H groups in total. The van der Waals surface area contributed by atoms with Crippen molar-refractivity contribution in [2.45, 2.75) is 25.9 Å². The van der Waals surface area contributed by atoms with Gasteiger partial charge in [-0.3, -0.25) is 4.90 Å². The van der Waals surface area contributed by atoms with Gasteiger partial charge in [-0.15, -0.1) is 11.3 Å². The summed E-state index contributed by atoms with van der Waals surface area (Å²) in [6.45, 7) is 4.10. The Hall–Kier alpha value is -1.98. The average Bonchev–Trinajstić information content (AvgIpc) is 3.24. The van der Waals surface area contributed by atoms with Crippen LogP contribution in [0.4, 0.5) is 0 Å². The summed E-state index contributed by atoms with van der Waals surface area (Å²) in [5.41, 5.74) is 2.86. The Kier molecular flexibility index (Phi) is 3.52. The topological polar surface area (TPSA) is 42.2 Å². The first-order valence-electron chi connectivity index (χ1n) is 7.49. The average molecular weight is 311 g/mol. The van der Waals surface area contributed by atoms with Gasteiger partial charge in [-0.25, -0.2) is 0 Å². The number of thiophene rings is 1. The normalized spacial score (nSPS) is 16.4. The Balaban J connectivity index is 1.54. The molecule has 5 heteroatoms. The highest BCUT2D eigenvalue weighted by molar-refractivity contribution is 7.13. The summed E-state index contributed by atoms with van der Waals surface area (Å²) in [4.78, 5) is 8.02. The van der Waals surface area contributed by atoms with Crippen LogP contribution in [0.5, 0.6) is 0 Å². The molecule has 0 bridgehead atoms. The number of hydrogen-bond acceptors (Lipinski definition) is 5. The van der Waals surface area contributed by atoms with Crippen molar-refractivity contribution in [3.05, 3.63) is 58.8 Å². The third kappa shape index (κ3) is 2.46. The van der Waals surface area contributed by atoms with Crippen LogP contribution in [0.3, 0.4) is 0 Å². The first kappa shape index (κ1) is 13.7. The summed E-state index contributed by atoms with van der Waals surface area (Å²) in [5.74, 6) is 1.39. The highest BCUT2D eigenvalue weighted by Gasteiger charge is 2.25. The smallest absolute Gasteiger partial charge is 0.244 e. The number of benzene rings is 1. The van der Waals surface area contributed by atoms with E-state index in [1.165, 1.54) is 11.1 Å². The Morgan fingerprint density at radius 1 is 1.18 bits per heavy atom. The van der Waals surface area contributed by atoms with Gasteiger partial charge in [-0.05, 0) is 35.9 Å². The van der Waals surface area contributed by atoms with Gasteiger partial charge in [0.05, 0.1) is 10.9 Å². The molecule has 0 amide bonds. The molecular weight excluding hydrogens is 294 g/mol. The molecule has 0 saturated carbocycles. The fourth-order valence-electron chi connectivity index (χ4n) is 2.92. The Bertz CT molecular complexity index is 766. The van der Waals surface area contributed by atoms with Gasteiger partial charge in [0.15, 0.2) is 0 Å². The number of aromatic nitrogens is 2. The number of nitrogens with zero attached hydrogens (tertiary/aromatic N) is 3.